The van der Waals surface area contributed by atoms with Crippen LogP contribution in [0.15, 0.2) is 47.4 Å². The highest BCUT2D eigenvalue weighted by Crippen LogP contribution is 2.34. The van der Waals surface area contributed by atoms with E-state index in [0.717, 1.165) is 33.4 Å². The van der Waals surface area contributed by atoms with Crippen molar-refractivity contribution >= 4 is 29.3 Å². The van der Waals surface area contributed by atoms with E-state index in [1.165, 1.54) is 0 Å². The molecule has 2 aromatic carbocycles. The van der Waals surface area contributed by atoms with Crippen LogP contribution < -0.4 is 19.7 Å². The van der Waals surface area contributed by atoms with E-state index in [0.29, 0.717) is 19.5 Å². The van der Waals surface area contributed by atoms with Crippen molar-refractivity contribution in [2.24, 2.45) is 0 Å². The van der Waals surface area contributed by atoms with Gasteiger partial charge in [0.1, 0.15) is 11.5 Å². The quantitative estimate of drug-likeness (QED) is 0.718. The van der Waals surface area contributed by atoms with Crippen molar-refractivity contribution in [3.05, 3.63) is 48.0 Å². The lowest BCUT2D eigenvalue weighted by Crippen LogP contribution is -2.36. The van der Waals surface area contributed by atoms with Gasteiger partial charge in [-0.05, 0) is 42.3 Å². The summed E-state index contributed by atoms with van der Waals surface area (Å²) in [4.78, 5) is 27.7. The first-order chi connectivity index (χ1) is 14.1. The van der Waals surface area contributed by atoms with Gasteiger partial charge in [-0.25, -0.2) is 0 Å². The molecule has 2 aromatic rings. The molecule has 154 valence electrons. The molecule has 0 spiro atoms. The van der Waals surface area contributed by atoms with Crippen LogP contribution in [0, 0.1) is 0 Å². The van der Waals surface area contributed by atoms with Crippen LogP contribution in [0.2, 0.25) is 0 Å². The van der Waals surface area contributed by atoms with E-state index in [2.05, 4.69) is 5.32 Å². The molecule has 0 saturated heterocycles. The van der Waals surface area contributed by atoms with E-state index < -0.39 is 0 Å². The van der Waals surface area contributed by atoms with Crippen LogP contribution >= 0.6 is 11.8 Å². The molecule has 1 N–H and O–H groups in total. The summed E-state index contributed by atoms with van der Waals surface area (Å²) in [6.07, 6.45) is 1.00. The van der Waals surface area contributed by atoms with Gasteiger partial charge in [0.25, 0.3) is 0 Å². The number of nitrogens with zero attached hydrogens (tertiary/aromatic N) is 1. The number of ether oxygens (including phenoxy) is 2. The molecule has 1 aliphatic heterocycles. The van der Waals surface area contributed by atoms with Crippen molar-refractivity contribution in [2.45, 2.75) is 24.2 Å². The Morgan fingerprint density at radius 2 is 1.93 bits per heavy atom. The lowest BCUT2D eigenvalue weighted by molar-refractivity contribution is -0.125. The zero-order chi connectivity index (χ0) is 20.6. The Morgan fingerprint density at radius 3 is 2.72 bits per heavy atom. The molecule has 3 rings (SSSR count). The number of methoxy groups -OCH3 is 2. The van der Waals surface area contributed by atoms with Crippen LogP contribution in [0.25, 0.3) is 0 Å². The Morgan fingerprint density at radius 1 is 1.10 bits per heavy atom. The normalized spacial score (nSPS) is 12.8. The number of fused-ring (bicyclic) bond motifs is 1. The van der Waals surface area contributed by atoms with Crippen molar-refractivity contribution in [3.8, 4) is 11.5 Å². The fourth-order valence-corrected chi connectivity index (χ4v) is 4.28. The maximum Gasteiger partial charge on any atom is 0.227 e. The van der Waals surface area contributed by atoms with Crippen molar-refractivity contribution in [1.29, 1.82) is 0 Å². The van der Waals surface area contributed by atoms with Crippen molar-refractivity contribution < 1.29 is 19.1 Å². The lowest BCUT2D eigenvalue weighted by atomic mass is 10.1. The van der Waals surface area contributed by atoms with E-state index in [9.17, 15) is 9.59 Å². The van der Waals surface area contributed by atoms with Crippen LogP contribution in [0.5, 0.6) is 11.5 Å². The number of hydrogen-bond acceptors (Lipinski definition) is 5. The molecule has 0 bridgehead atoms. The number of carbonyl (C=O) groups excluding carboxylic acids is 2. The molecule has 0 aliphatic carbocycles. The summed E-state index contributed by atoms with van der Waals surface area (Å²) in [5.41, 5.74) is 1.91. The fourth-order valence-electron chi connectivity index (χ4n) is 3.29. The lowest BCUT2D eigenvalue weighted by Gasteiger charge is -2.29. The zero-order valence-corrected chi connectivity index (χ0v) is 17.6. The van der Waals surface area contributed by atoms with Gasteiger partial charge in [-0.15, -0.1) is 11.8 Å². The molecule has 0 fully saturated rings. The van der Waals surface area contributed by atoms with Gasteiger partial charge in [-0.3, -0.25) is 9.59 Å². The van der Waals surface area contributed by atoms with E-state index in [1.807, 2.05) is 42.5 Å². The second-order valence-corrected chi connectivity index (χ2v) is 7.78. The van der Waals surface area contributed by atoms with Gasteiger partial charge in [-0.1, -0.05) is 12.1 Å². The first kappa shape index (κ1) is 21.0. The molecular weight excluding hydrogens is 388 g/mol. The second kappa shape index (κ2) is 10.2. The van der Waals surface area contributed by atoms with Crippen LogP contribution in [0.4, 0.5) is 5.69 Å². The molecule has 7 heteroatoms. The zero-order valence-electron chi connectivity index (χ0n) is 16.8. The molecule has 1 aliphatic rings. The second-order valence-electron chi connectivity index (χ2n) is 6.64. The summed E-state index contributed by atoms with van der Waals surface area (Å²) in [6, 6.07) is 13.5. The molecule has 0 saturated carbocycles. The molecular formula is C22H26N2O4S. The maximum absolute atomic E-state index is 12.6. The predicted molar refractivity (Wildman–Crippen MR) is 115 cm³/mol. The minimum atomic E-state index is -0.125. The topological polar surface area (TPSA) is 67.9 Å². The van der Waals surface area contributed by atoms with E-state index in [4.69, 9.17) is 9.47 Å². The fraction of sp³-hybridized carbons (Fsp3) is 0.364. The molecule has 0 radical (unpaired) electrons. The highest BCUT2D eigenvalue weighted by molar-refractivity contribution is 7.99. The molecule has 2 amide bonds. The average molecular weight is 415 g/mol. The smallest absolute Gasteiger partial charge is 0.227 e. The van der Waals surface area contributed by atoms with E-state index >= 15 is 0 Å². The van der Waals surface area contributed by atoms with Gasteiger partial charge in [0, 0.05) is 36.6 Å². The number of carbonyl (C=O) groups is 2. The number of hydrogen-bond donors (Lipinski definition) is 1. The first-order valence-electron chi connectivity index (χ1n) is 9.62. The number of benzene rings is 2. The van der Waals surface area contributed by atoms with Gasteiger partial charge < -0.3 is 19.7 Å². The summed E-state index contributed by atoms with van der Waals surface area (Å²) < 4.78 is 10.6. The number of anilines is 1. The van der Waals surface area contributed by atoms with Gasteiger partial charge in [0.05, 0.1) is 19.9 Å². The Labute approximate surface area is 175 Å². The number of nitrogens with one attached hydrogen (secondary N) is 1. The minimum absolute atomic E-state index is 0.0117. The third-order valence-electron chi connectivity index (χ3n) is 4.80. The molecule has 0 atom stereocenters. The van der Waals surface area contributed by atoms with Crippen LogP contribution in [0.3, 0.4) is 0 Å². The number of rotatable bonds is 8. The molecule has 0 aromatic heterocycles. The predicted octanol–water partition coefficient (Wildman–Crippen LogP) is 3.28. The Bertz CT molecular complexity index is 872. The monoisotopic (exact) mass is 414 g/mol. The van der Waals surface area contributed by atoms with Crippen LogP contribution in [0.1, 0.15) is 18.4 Å². The van der Waals surface area contributed by atoms with Crippen LogP contribution in [-0.2, 0) is 16.0 Å². The number of amides is 2. The number of para-hydroxylation sites is 1. The van der Waals surface area contributed by atoms with Gasteiger partial charge >= 0.3 is 0 Å². The van der Waals surface area contributed by atoms with Gasteiger partial charge in [0.15, 0.2) is 0 Å². The van der Waals surface area contributed by atoms with E-state index in [1.54, 1.807) is 30.9 Å². The van der Waals surface area contributed by atoms with Gasteiger partial charge in [0.2, 0.25) is 11.8 Å². The van der Waals surface area contributed by atoms with Crippen molar-refractivity contribution in [1.82, 2.24) is 5.32 Å². The maximum atomic E-state index is 12.6. The summed E-state index contributed by atoms with van der Waals surface area (Å²) in [7, 11) is 3.23. The van der Waals surface area contributed by atoms with Crippen molar-refractivity contribution in [3.63, 3.8) is 0 Å². The first-order valence-corrected chi connectivity index (χ1v) is 10.6. The van der Waals surface area contributed by atoms with Crippen LogP contribution in [-0.4, -0.2) is 44.9 Å². The Hall–Kier alpha value is -2.67. The number of thioether (sulfide) groups is 1. The van der Waals surface area contributed by atoms with Crippen molar-refractivity contribution in [2.75, 3.05) is 38.0 Å². The molecule has 1 heterocycles. The highest BCUT2D eigenvalue weighted by Gasteiger charge is 2.22. The molecule has 6 nitrogen and oxygen atoms in total. The Balaban J connectivity index is 1.47. The SMILES string of the molecule is COc1ccc(OC)c(CCNC(=O)CCC(=O)N2CCSc3ccccc32)c1. The third-order valence-corrected chi connectivity index (χ3v) is 5.84. The highest BCUT2D eigenvalue weighted by atomic mass is 32.2. The summed E-state index contributed by atoms with van der Waals surface area (Å²) in [5, 5.41) is 2.89. The summed E-state index contributed by atoms with van der Waals surface area (Å²) in [6.45, 7) is 1.15. The molecule has 0 unspecified atom stereocenters. The van der Waals surface area contributed by atoms with E-state index in [-0.39, 0.29) is 24.7 Å². The average Bonchev–Trinajstić information content (AvgIpc) is 2.77. The molecule has 29 heavy (non-hydrogen) atoms. The summed E-state index contributed by atoms with van der Waals surface area (Å²) in [5.74, 6) is 2.24. The Kier molecular flexibility index (Phi) is 7.41. The standard InChI is InChI=1S/C22H26N2O4S/c1-27-17-7-8-19(28-2)16(15-17)11-12-23-21(25)9-10-22(26)24-13-14-29-20-6-4-3-5-18(20)24/h3-8,15H,9-14H2,1-2H3,(H,23,25). The van der Waals surface area contributed by atoms with Gasteiger partial charge in [-0.2, -0.15) is 0 Å². The third kappa shape index (κ3) is 5.44. The minimum Gasteiger partial charge on any atom is -0.497 e. The largest absolute Gasteiger partial charge is 0.497 e. The summed E-state index contributed by atoms with van der Waals surface area (Å²) >= 11 is 1.76.